The number of phenolic OH excluding ortho intramolecular Hbond substituents is 1. The summed E-state index contributed by atoms with van der Waals surface area (Å²) in [5, 5.41) is 17.6. The van der Waals surface area contributed by atoms with Gasteiger partial charge in [-0.25, -0.2) is 0 Å². The summed E-state index contributed by atoms with van der Waals surface area (Å²) in [6.45, 7) is 3.51. The first kappa shape index (κ1) is 14.1. The summed E-state index contributed by atoms with van der Waals surface area (Å²) in [5.41, 5.74) is 0. The van der Waals surface area contributed by atoms with E-state index in [4.69, 9.17) is 10.2 Å². The molecule has 1 aromatic rings. The van der Waals surface area contributed by atoms with Crippen molar-refractivity contribution >= 4 is 11.8 Å². The Morgan fingerprint density at radius 1 is 1.40 bits per heavy atom. The van der Waals surface area contributed by atoms with Gasteiger partial charge in [-0.1, -0.05) is 24.3 Å². The molecule has 0 fully saturated rings. The molecule has 0 radical (unpaired) electrons. The third-order valence-electron chi connectivity index (χ3n) is 1.55. The Morgan fingerprint density at radius 2 is 2.00 bits per heavy atom. The Labute approximate surface area is 95.6 Å². The second-order valence-corrected chi connectivity index (χ2v) is 3.88. The van der Waals surface area contributed by atoms with Gasteiger partial charge in [0.25, 0.3) is 0 Å². The van der Waals surface area contributed by atoms with Crippen LogP contribution in [0, 0.1) is 0 Å². The minimum absolute atomic E-state index is 0.192. The highest BCUT2D eigenvalue weighted by atomic mass is 32.2. The average molecular weight is 226 g/mol. The van der Waals surface area contributed by atoms with Gasteiger partial charge < -0.3 is 10.2 Å². The van der Waals surface area contributed by atoms with E-state index in [1.165, 1.54) is 0 Å². The van der Waals surface area contributed by atoms with Crippen molar-refractivity contribution in [1.29, 1.82) is 0 Å². The molecule has 0 spiro atoms. The van der Waals surface area contributed by atoms with E-state index in [9.17, 15) is 0 Å². The summed E-state index contributed by atoms with van der Waals surface area (Å²) in [5.74, 6) is 1.13. The number of benzene rings is 1. The van der Waals surface area contributed by atoms with Crippen LogP contribution >= 0.6 is 11.8 Å². The fourth-order valence-electron chi connectivity index (χ4n) is 0.881. The third kappa shape index (κ3) is 9.38. The van der Waals surface area contributed by atoms with Crippen LogP contribution in [0.15, 0.2) is 43.0 Å². The summed E-state index contributed by atoms with van der Waals surface area (Å²) < 4.78 is 0. The first-order chi connectivity index (χ1) is 7.20. The molecule has 0 aliphatic rings. The van der Waals surface area contributed by atoms with Crippen LogP contribution in [0.1, 0.15) is 6.42 Å². The second-order valence-electron chi connectivity index (χ2n) is 2.97. The van der Waals surface area contributed by atoms with Crippen molar-refractivity contribution in [2.24, 2.45) is 0 Å². The molecule has 0 heterocycles. The topological polar surface area (TPSA) is 40.5 Å². The lowest BCUT2D eigenvalue weighted by atomic mass is 10.3. The van der Waals surface area contributed by atoms with Gasteiger partial charge in [-0.15, -0.1) is 6.58 Å². The van der Waals surface area contributed by atoms with Crippen molar-refractivity contribution in [3.05, 3.63) is 43.0 Å². The Hall–Kier alpha value is -0.930. The van der Waals surface area contributed by atoms with E-state index in [2.05, 4.69) is 6.58 Å². The molecule has 1 rings (SSSR count). The molecule has 84 valence electrons. The second kappa shape index (κ2) is 9.62. The normalized spacial score (nSPS) is 11.1. The van der Waals surface area contributed by atoms with Gasteiger partial charge >= 0.3 is 0 Å². The summed E-state index contributed by atoms with van der Waals surface area (Å²) in [6, 6.07) is 8.71. The summed E-state index contributed by atoms with van der Waals surface area (Å²) >= 11 is 1.65. The third-order valence-corrected chi connectivity index (χ3v) is 2.27. The van der Waals surface area contributed by atoms with E-state index in [-0.39, 0.29) is 6.10 Å². The Kier molecular flexibility index (Phi) is 9.02. The van der Waals surface area contributed by atoms with E-state index >= 15 is 0 Å². The molecule has 0 aromatic heterocycles. The van der Waals surface area contributed by atoms with Crippen molar-refractivity contribution in [2.45, 2.75) is 12.5 Å². The summed E-state index contributed by atoms with van der Waals surface area (Å²) in [4.78, 5) is 0. The van der Waals surface area contributed by atoms with Crippen LogP contribution < -0.4 is 0 Å². The van der Waals surface area contributed by atoms with E-state index in [1.807, 2.05) is 12.3 Å². The number of para-hydroxylation sites is 1. The monoisotopic (exact) mass is 226 g/mol. The van der Waals surface area contributed by atoms with Crippen molar-refractivity contribution < 1.29 is 10.2 Å². The Balaban J connectivity index is 0.000000262. The van der Waals surface area contributed by atoms with Crippen LogP contribution in [0.3, 0.4) is 0 Å². The number of hydrogen-bond donors (Lipinski definition) is 2. The molecule has 0 aliphatic heterocycles. The first-order valence-electron chi connectivity index (χ1n) is 4.72. The zero-order valence-electron chi connectivity index (χ0n) is 8.97. The smallest absolute Gasteiger partial charge is 0.115 e. The van der Waals surface area contributed by atoms with Gasteiger partial charge in [-0.2, -0.15) is 11.8 Å². The van der Waals surface area contributed by atoms with Crippen LogP contribution in [0.25, 0.3) is 0 Å². The molecule has 15 heavy (non-hydrogen) atoms. The molecule has 2 N–H and O–H groups in total. The van der Waals surface area contributed by atoms with Crippen LogP contribution in [-0.4, -0.2) is 28.3 Å². The predicted octanol–water partition coefficient (Wildman–Crippen LogP) is 2.68. The number of phenols is 1. The van der Waals surface area contributed by atoms with E-state index in [1.54, 1.807) is 42.1 Å². The SMILES string of the molecule is C=CCC(O)CSC.Oc1ccccc1. The maximum absolute atomic E-state index is 8.96. The highest BCUT2D eigenvalue weighted by Gasteiger charge is 1.96. The molecule has 0 aliphatic carbocycles. The molecule has 0 saturated carbocycles. The Morgan fingerprint density at radius 3 is 2.33 bits per heavy atom. The standard InChI is InChI=1S/C6H12OS.C6H6O/c1-3-4-6(7)5-8-2;7-6-4-2-1-3-5-6/h3,6-7H,1,4-5H2,2H3;1-5,7H. The number of aliphatic hydroxyl groups excluding tert-OH is 1. The van der Waals surface area contributed by atoms with Crippen molar-refractivity contribution in [1.82, 2.24) is 0 Å². The fourth-order valence-corrected chi connectivity index (χ4v) is 1.40. The van der Waals surface area contributed by atoms with Crippen LogP contribution in [-0.2, 0) is 0 Å². The first-order valence-corrected chi connectivity index (χ1v) is 6.12. The fraction of sp³-hybridized carbons (Fsp3) is 0.333. The Bertz CT molecular complexity index is 249. The number of aromatic hydroxyl groups is 1. The van der Waals surface area contributed by atoms with Gasteiger partial charge in [-0.3, -0.25) is 0 Å². The van der Waals surface area contributed by atoms with Crippen molar-refractivity contribution in [3.8, 4) is 5.75 Å². The van der Waals surface area contributed by atoms with Gasteiger partial charge in [0.2, 0.25) is 0 Å². The molecule has 3 heteroatoms. The van der Waals surface area contributed by atoms with Gasteiger partial charge in [0.1, 0.15) is 5.75 Å². The quantitative estimate of drug-likeness (QED) is 0.775. The molecule has 0 bridgehead atoms. The number of rotatable bonds is 4. The van der Waals surface area contributed by atoms with Crippen LogP contribution in [0.2, 0.25) is 0 Å². The number of hydrogen-bond acceptors (Lipinski definition) is 3. The van der Waals surface area contributed by atoms with Gasteiger partial charge in [0.05, 0.1) is 6.10 Å². The largest absolute Gasteiger partial charge is 0.508 e. The molecule has 0 amide bonds. The van der Waals surface area contributed by atoms with E-state index < -0.39 is 0 Å². The minimum atomic E-state index is -0.192. The lowest BCUT2D eigenvalue weighted by Crippen LogP contribution is -2.06. The predicted molar refractivity (Wildman–Crippen MR) is 67.3 cm³/mol. The number of thioether (sulfide) groups is 1. The molecule has 1 atom stereocenters. The molecular weight excluding hydrogens is 208 g/mol. The molecule has 1 unspecified atom stereocenters. The van der Waals surface area contributed by atoms with Gasteiger partial charge in [0.15, 0.2) is 0 Å². The minimum Gasteiger partial charge on any atom is -0.508 e. The number of aliphatic hydroxyl groups is 1. The molecule has 1 aromatic carbocycles. The zero-order chi connectivity index (χ0) is 11.5. The van der Waals surface area contributed by atoms with Crippen LogP contribution in [0.5, 0.6) is 5.75 Å². The summed E-state index contributed by atoms with van der Waals surface area (Å²) in [7, 11) is 0. The summed E-state index contributed by atoms with van der Waals surface area (Å²) in [6.07, 6.45) is 4.23. The van der Waals surface area contributed by atoms with Gasteiger partial charge in [0, 0.05) is 5.75 Å². The highest BCUT2D eigenvalue weighted by Crippen LogP contribution is 2.02. The molecular formula is C12H18O2S. The van der Waals surface area contributed by atoms with Crippen molar-refractivity contribution in [2.75, 3.05) is 12.0 Å². The highest BCUT2D eigenvalue weighted by molar-refractivity contribution is 7.98. The average Bonchev–Trinajstić information content (AvgIpc) is 2.20. The van der Waals surface area contributed by atoms with Crippen LogP contribution in [0.4, 0.5) is 0 Å². The van der Waals surface area contributed by atoms with Crippen molar-refractivity contribution in [3.63, 3.8) is 0 Å². The molecule has 0 saturated heterocycles. The lowest BCUT2D eigenvalue weighted by Gasteiger charge is -2.02. The zero-order valence-corrected chi connectivity index (χ0v) is 9.78. The maximum Gasteiger partial charge on any atom is 0.115 e. The molecule has 2 nitrogen and oxygen atoms in total. The van der Waals surface area contributed by atoms with E-state index in [0.29, 0.717) is 12.2 Å². The lowest BCUT2D eigenvalue weighted by molar-refractivity contribution is 0.203. The maximum atomic E-state index is 8.96. The van der Waals surface area contributed by atoms with E-state index in [0.717, 1.165) is 5.75 Å². The van der Waals surface area contributed by atoms with Gasteiger partial charge in [-0.05, 0) is 24.8 Å².